The molecule has 0 aliphatic heterocycles. The molecule has 0 saturated carbocycles. The first kappa shape index (κ1) is 12.7. The molecule has 0 aliphatic rings. The van der Waals surface area contributed by atoms with Crippen molar-refractivity contribution in [1.82, 2.24) is 0 Å². The fourth-order valence-electron chi connectivity index (χ4n) is 1.45. The minimum atomic E-state index is -1.14. The van der Waals surface area contributed by atoms with Crippen molar-refractivity contribution in [2.24, 2.45) is 5.73 Å². The molecule has 0 bridgehead atoms. The lowest BCUT2D eigenvalue weighted by Crippen LogP contribution is -2.45. The molecule has 3 N–H and O–H groups in total. The normalized spacial score (nSPS) is 14.4. The third-order valence-corrected chi connectivity index (χ3v) is 2.85. The average molecular weight is 221 g/mol. The summed E-state index contributed by atoms with van der Waals surface area (Å²) in [5.41, 5.74) is 6.95. The molecule has 88 valence electrons. The summed E-state index contributed by atoms with van der Waals surface area (Å²) in [5.74, 6) is -0.947. The van der Waals surface area contributed by atoms with Crippen molar-refractivity contribution in [2.45, 2.75) is 38.6 Å². The molecule has 1 aromatic rings. The fraction of sp³-hybridized carbons (Fsp3) is 0.462. The van der Waals surface area contributed by atoms with E-state index in [4.69, 9.17) is 10.8 Å². The zero-order valence-electron chi connectivity index (χ0n) is 9.86. The Kier molecular flexibility index (Phi) is 4.07. The molecule has 0 spiro atoms. The highest BCUT2D eigenvalue weighted by Gasteiger charge is 2.26. The largest absolute Gasteiger partial charge is 0.480 e. The molecule has 1 atom stereocenters. The van der Waals surface area contributed by atoms with E-state index in [1.165, 1.54) is 5.56 Å². The highest BCUT2D eigenvalue weighted by atomic mass is 16.4. The van der Waals surface area contributed by atoms with Gasteiger partial charge in [-0.3, -0.25) is 4.79 Å². The van der Waals surface area contributed by atoms with Crippen LogP contribution in [-0.2, 0) is 17.6 Å². The van der Waals surface area contributed by atoms with E-state index in [1.54, 1.807) is 6.92 Å². The van der Waals surface area contributed by atoms with Crippen molar-refractivity contribution in [3.05, 3.63) is 35.4 Å². The Morgan fingerprint density at radius 2 is 1.81 bits per heavy atom. The molecule has 3 heteroatoms. The van der Waals surface area contributed by atoms with E-state index in [9.17, 15) is 4.79 Å². The summed E-state index contributed by atoms with van der Waals surface area (Å²) >= 11 is 0. The molecule has 0 fully saturated rings. The topological polar surface area (TPSA) is 63.3 Å². The SMILES string of the molecule is CCc1ccc(CCC(C)(N)C(=O)O)cc1. The Balaban J connectivity index is 2.58. The van der Waals surface area contributed by atoms with Crippen LogP contribution in [0.4, 0.5) is 0 Å². The number of carboxylic acid groups (broad SMARTS) is 1. The molecular formula is C13H19NO2. The van der Waals surface area contributed by atoms with Gasteiger partial charge >= 0.3 is 5.97 Å². The first-order chi connectivity index (χ1) is 7.45. The molecule has 16 heavy (non-hydrogen) atoms. The van der Waals surface area contributed by atoms with Crippen molar-refractivity contribution < 1.29 is 9.90 Å². The van der Waals surface area contributed by atoms with Crippen molar-refractivity contribution in [1.29, 1.82) is 0 Å². The Labute approximate surface area is 96.3 Å². The van der Waals surface area contributed by atoms with Gasteiger partial charge in [0.05, 0.1) is 0 Å². The number of hydrogen-bond donors (Lipinski definition) is 2. The van der Waals surface area contributed by atoms with Gasteiger partial charge in [0.1, 0.15) is 5.54 Å². The van der Waals surface area contributed by atoms with Crippen molar-refractivity contribution in [3.8, 4) is 0 Å². The van der Waals surface area contributed by atoms with Crippen LogP contribution in [-0.4, -0.2) is 16.6 Å². The van der Waals surface area contributed by atoms with Crippen molar-refractivity contribution in [2.75, 3.05) is 0 Å². The molecule has 1 aromatic carbocycles. The van der Waals surface area contributed by atoms with E-state index in [0.29, 0.717) is 12.8 Å². The standard InChI is InChI=1S/C13H19NO2/c1-3-10-4-6-11(7-5-10)8-9-13(2,14)12(15)16/h4-7H,3,8-9,14H2,1-2H3,(H,15,16). The number of benzene rings is 1. The van der Waals surface area contributed by atoms with Crippen LogP contribution in [0.3, 0.4) is 0 Å². The smallest absolute Gasteiger partial charge is 0.323 e. The van der Waals surface area contributed by atoms with Crippen LogP contribution in [0, 0.1) is 0 Å². The maximum Gasteiger partial charge on any atom is 0.323 e. The van der Waals surface area contributed by atoms with E-state index >= 15 is 0 Å². The number of carboxylic acids is 1. The Morgan fingerprint density at radius 1 is 1.31 bits per heavy atom. The van der Waals surface area contributed by atoms with Crippen molar-refractivity contribution >= 4 is 5.97 Å². The minimum Gasteiger partial charge on any atom is -0.480 e. The lowest BCUT2D eigenvalue weighted by molar-refractivity contribution is -0.142. The maximum absolute atomic E-state index is 10.8. The molecule has 1 rings (SSSR count). The number of aliphatic carboxylic acids is 1. The van der Waals surface area contributed by atoms with Gasteiger partial charge in [0.15, 0.2) is 0 Å². The Hall–Kier alpha value is -1.35. The Bertz CT molecular complexity index is 355. The molecule has 0 amide bonds. The van der Waals surface area contributed by atoms with Gasteiger partial charge in [0.25, 0.3) is 0 Å². The number of aryl methyl sites for hydroxylation is 2. The molecule has 0 aliphatic carbocycles. The van der Waals surface area contributed by atoms with Gasteiger partial charge in [-0.1, -0.05) is 31.2 Å². The summed E-state index contributed by atoms with van der Waals surface area (Å²) in [6.45, 7) is 3.66. The maximum atomic E-state index is 10.8. The molecule has 0 heterocycles. The number of rotatable bonds is 5. The first-order valence-electron chi connectivity index (χ1n) is 5.56. The second-order valence-electron chi connectivity index (χ2n) is 4.39. The number of carbonyl (C=O) groups is 1. The minimum absolute atomic E-state index is 0.452. The Morgan fingerprint density at radius 3 is 2.25 bits per heavy atom. The van der Waals surface area contributed by atoms with Crippen LogP contribution in [0.15, 0.2) is 24.3 Å². The lowest BCUT2D eigenvalue weighted by atomic mass is 9.94. The average Bonchev–Trinajstić information content (AvgIpc) is 2.27. The van der Waals surface area contributed by atoms with E-state index in [2.05, 4.69) is 19.1 Å². The van der Waals surface area contributed by atoms with Gasteiger partial charge in [0, 0.05) is 0 Å². The predicted octanol–water partition coefficient (Wildman–Crippen LogP) is 1.98. The van der Waals surface area contributed by atoms with Crippen LogP contribution in [0.2, 0.25) is 0 Å². The molecule has 3 nitrogen and oxygen atoms in total. The quantitative estimate of drug-likeness (QED) is 0.799. The number of nitrogens with two attached hydrogens (primary N) is 1. The van der Waals surface area contributed by atoms with Gasteiger partial charge in [-0.15, -0.1) is 0 Å². The monoisotopic (exact) mass is 221 g/mol. The summed E-state index contributed by atoms with van der Waals surface area (Å²) in [6, 6.07) is 8.22. The molecule has 0 aromatic heterocycles. The van der Waals surface area contributed by atoms with Gasteiger partial charge in [0.2, 0.25) is 0 Å². The third-order valence-electron chi connectivity index (χ3n) is 2.85. The number of hydrogen-bond acceptors (Lipinski definition) is 2. The van der Waals surface area contributed by atoms with Gasteiger partial charge in [-0.05, 0) is 37.3 Å². The van der Waals surface area contributed by atoms with Crippen LogP contribution in [0.1, 0.15) is 31.4 Å². The lowest BCUT2D eigenvalue weighted by Gasteiger charge is -2.18. The van der Waals surface area contributed by atoms with Crippen LogP contribution < -0.4 is 5.73 Å². The van der Waals surface area contributed by atoms with Gasteiger partial charge < -0.3 is 10.8 Å². The van der Waals surface area contributed by atoms with Crippen LogP contribution in [0.25, 0.3) is 0 Å². The van der Waals surface area contributed by atoms with E-state index in [-0.39, 0.29) is 0 Å². The first-order valence-corrected chi connectivity index (χ1v) is 5.56. The second-order valence-corrected chi connectivity index (χ2v) is 4.39. The third kappa shape index (κ3) is 3.35. The molecule has 0 radical (unpaired) electrons. The fourth-order valence-corrected chi connectivity index (χ4v) is 1.45. The van der Waals surface area contributed by atoms with E-state index < -0.39 is 11.5 Å². The van der Waals surface area contributed by atoms with Crippen LogP contribution in [0.5, 0.6) is 0 Å². The van der Waals surface area contributed by atoms with E-state index in [1.807, 2.05) is 12.1 Å². The summed E-state index contributed by atoms with van der Waals surface area (Å²) in [6.07, 6.45) is 2.17. The predicted molar refractivity (Wildman–Crippen MR) is 64.4 cm³/mol. The summed E-state index contributed by atoms with van der Waals surface area (Å²) < 4.78 is 0. The highest BCUT2D eigenvalue weighted by molar-refractivity contribution is 5.77. The zero-order valence-corrected chi connectivity index (χ0v) is 9.86. The summed E-state index contributed by atoms with van der Waals surface area (Å²) in [7, 11) is 0. The molecule has 1 unspecified atom stereocenters. The van der Waals surface area contributed by atoms with Gasteiger partial charge in [-0.2, -0.15) is 0 Å². The summed E-state index contributed by atoms with van der Waals surface area (Å²) in [4.78, 5) is 10.8. The van der Waals surface area contributed by atoms with Gasteiger partial charge in [-0.25, -0.2) is 0 Å². The molecular weight excluding hydrogens is 202 g/mol. The second kappa shape index (κ2) is 5.12. The highest BCUT2D eigenvalue weighted by Crippen LogP contribution is 2.13. The van der Waals surface area contributed by atoms with Crippen molar-refractivity contribution in [3.63, 3.8) is 0 Å². The molecule has 0 saturated heterocycles. The van der Waals surface area contributed by atoms with Crippen LogP contribution >= 0.6 is 0 Å². The van der Waals surface area contributed by atoms with E-state index in [0.717, 1.165) is 12.0 Å². The summed E-state index contributed by atoms with van der Waals surface area (Å²) in [5, 5.41) is 8.88. The zero-order chi connectivity index (χ0) is 12.2.